The summed E-state index contributed by atoms with van der Waals surface area (Å²) in [5, 5.41) is 10.5. The van der Waals surface area contributed by atoms with Crippen LogP contribution in [0.4, 0.5) is 0 Å². The summed E-state index contributed by atoms with van der Waals surface area (Å²) in [5.74, 6) is 1.13. The molecule has 3 nitrogen and oxygen atoms in total. The van der Waals surface area contributed by atoms with Crippen molar-refractivity contribution in [1.82, 2.24) is 0 Å². The van der Waals surface area contributed by atoms with Crippen LogP contribution in [-0.4, -0.2) is 17.8 Å². The Kier molecular flexibility index (Phi) is 2.91. The zero-order valence-corrected chi connectivity index (χ0v) is 9.81. The summed E-state index contributed by atoms with van der Waals surface area (Å²) in [5.41, 5.74) is 5.58. The van der Waals surface area contributed by atoms with Gasteiger partial charge in [0.25, 0.3) is 0 Å². The lowest BCUT2D eigenvalue weighted by molar-refractivity contribution is -0.0360. The lowest BCUT2D eigenvalue weighted by Gasteiger charge is -2.39. The van der Waals surface area contributed by atoms with Crippen molar-refractivity contribution in [3.63, 3.8) is 0 Å². The molecule has 2 unspecified atom stereocenters. The molecule has 1 aliphatic heterocycles. The number of hydrogen-bond acceptors (Lipinski definition) is 3. The van der Waals surface area contributed by atoms with E-state index in [0.29, 0.717) is 12.3 Å². The van der Waals surface area contributed by atoms with Gasteiger partial charge in [-0.1, -0.05) is 32.0 Å². The Morgan fingerprint density at radius 2 is 2.19 bits per heavy atom. The number of nitrogens with two attached hydrogens (primary N) is 1. The Morgan fingerprint density at radius 3 is 2.81 bits per heavy atom. The van der Waals surface area contributed by atoms with E-state index >= 15 is 0 Å². The van der Waals surface area contributed by atoms with Crippen molar-refractivity contribution < 1.29 is 9.84 Å². The molecule has 0 spiro atoms. The molecule has 1 aliphatic rings. The van der Waals surface area contributed by atoms with Crippen molar-refractivity contribution in [3.8, 4) is 5.75 Å². The molecule has 0 fully saturated rings. The normalized spacial score (nSPS) is 28.7. The Bertz CT molecular complexity index is 378. The summed E-state index contributed by atoms with van der Waals surface area (Å²) in [6.07, 6.45) is 0.599. The van der Waals surface area contributed by atoms with Gasteiger partial charge in [0.15, 0.2) is 0 Å². The number of aliphatic hydroxyl groups is 1. The number of fused-ring (bicyclic) bond motifs is 1. The Hall–Kier alpha value is -1.06. The maximum Gasteiger partial charge on any atom is 0.125 e. The number of benzene rings is 1. The first-order valence-corrected chi connectivity index (χ1v) is 5.75. The molecular weight excluding hydrogens is 202 g/mol. The van der Waals surface area contributed by atoms with Crippen LogP contribution in [-0.2, 0) is 5.60 Å². The standard InChI is InChI=1S/C13H19NO2/c1-9(2)12-7-13(15,8-14)10-5-3-4-6-11(10)16-12/h3-6,9,12,15H,7-8,14H2,1-2H3. The molecule has 0 aromatic heterocycles. The predicted octanol–water partition coefficient (Wildman–Crippen LogP) is 1.64. The third kappa shape index (κ3) is 1.81. The van der Waals surface area contributed by atoms with Crippen molar-refractivity contribution in [2.45, 2.75) is 32.0 Å². The summed E-state index contributed by atoms with van der Waals surface area (Å²) in [6.45, 7) is 4.42. The minimum Gasteiger partial charge on any atom is -0.490 e. The van der Waals surface area contributed by atoms with Crippen LogP contribution in [0.3, 0.4) is 0 Å². The van der Waals surface area contributed by atoms with Gasteiger partial charge in [0.05, 0.1) is 0 Å². The maximum absolute atomic E-state index is 10.5. The topological polar surface area (TPSA) is 55.5 Å². The average Bonchev–Trinajstić information content (AvgIpc) is 2.29. The molecule has 3 heteroatoms. The molecule has 0 aliphatic carbocycles. The molecule has 0 amide bonds. The second-order valence-electron chi connectivity index (χ2n) is 4.84. The molecular formula is C13H19NO2. The summed E-state index contributed by atoms with van der Waals surface area (Å²) >= 11 is 0. The molecule has 1 aromatic carbocycles. The third-order valence-electron chi connectivity index (χ3n) is 3.29. The highest BCUT2D eigenvalue weighted by Gasteiger charge is 2.39. The van der Waals surface area contributed by atoms with Crippen molar-refractivity contribution in [1.29, 1.82) is 0 Å². The van der Waals surface area contributed by atoms with Crippen molar-refractivity contribution >= 4 is 0 Å². The van der Waals surface area contributed by atoms with Gasteiger partial charge in [-0.2, -0.15) is 0 Å². The first-order valence-electron chi connectivity index (χ1n) is 5.75. The van der Waals surface area contributed by atoms with Gasteiger partial charge in [0, 0.05) is 18.5 Å². The highest BCUT2D eigenvalue weighted by Crippen LogP contribution is 2.40. The molecule has 0 radical (unpaired) electrons. The molecule has 2 atom stereocenters. The molecule has 3 N–H and O–H groups in total. The highest BCUT2D eigenvalue weighted by molar-refractivity contribution is 5.40. The Balaban J connectivity index is 2.42. The first-order chi connectivity index (χ1) is 7.57. The maximum atomic E-state index is 10.5. The molecule has 2 rings (SSSR count). The minimum absolute atomic E-state index is 0.0310. The number of rotatable bonds is 2. The van der Waals surface area contributed by atoms with Gasteiger partial charge in [-0.05, 0) is 12.0 Å². The van der Waals surface area contributed by atoms with E-state index in [1.807, 2.05) is 24.3 Å². The van der Waals surface area contributed by atoms with Gasteiger partial charge in [-0.15, -0.1) is 0 Å². The van der Waals surface area contributed by atoms with Crippen LogP contribution in [0.2, 0.25) is 0 Å². The van der Waals surface area contributed by atoms with E-state index in [9.17, 15) is 5.11 Å². The first kappa shape index (κ1) is 11.4. The van der Waals surface area contributed by atoms with Crippen LogP contribution >= 0.6 is 0 Å². The lowest BCUT2D eigenvalue weighted by Crippen LogP contribution is -2.45. The fraction of sp³-hybridized carbons (Fsp3) is 0.538. The largest absolute Gasteiger partial charge is 0.490 e. The van der Waals surface area contributed by atoms with Gasteiger partial charge in [0.1, 0.15) is 17.5 Å². The molecule has 0 saturated heterocycles. The van der Waals surface area contributed by atoms with E-state index in [2.05, 4.69) is 13.8 Å². The van der Waals surface area contributed by atoms with Gasteiger partial charge in [-0.3, -0.25) is 0 Å². The fourth-order valence-electron chi connectivity index (χ4n) is 2.17. The lowest BCUT2D eigenvalue weighted by atomic mass is 9.82. The molecule has 0 bridgehead atoms. The third-order valence-corrected chi connectivity index (χ3v) is 3.29. The van der Waals surface area contributed by atoms with Crippen LogP contribution in [0.25, 0.3) is 0 Å². The zero-order chi connectivity index (χ0) is 11.8. The minimum atomic E-state index is -0.941. The van der Waals surface area contributed by atoms with Gasteiger partial charge < -0.3 is 15.6 Å². The fourth-order valence-corrected chi connectivity index (χ4v) is 2.17. The van der Waals surface area contributed by atoms with Crippen molar-refractivity contribution in [2.24, 2.45) is 11.7 Å². The summed E-state index contributed by atoms with van der Waals surface area (Å²) in [7, 11) is 0. The van der Waals surface area contributed by atoms with Crippen LogP contribution < -0.4 is 10.5 Å². The zero-order valence-electron chi connectivity index (χ0n) is 9.81. The van der Waals surface area contributed by atoms with Crippen LogP contribution in [0.5, 0.6) is 5.75 Å². The van der Waals surface area contributed by atoms with Crippen molar-refractivity contribution in [2.75, 3.05) is 6.54 Å². The highest BCUT2D eigenvalue weighted by atomic mass is 16.5. The van der Waals surface area contributed by atoms with Gasteiger partial charge in [0.2, 0.25) is 0 Å². The summed E-state index contributed by atoms with van der Waals surface area (Å²) in [6, 6.07) is 7.60. The number of ether oxygens (including phenoxy) is 1. The number of para-hydroxylation sites is 1. The monoisotopic (exact) mass is 221 g/mol. The molecule has 0 saturated carbocycles. The van der Waals surface area contributed by atoms with E-state index < -0.39 is 5.60 Å². The van der Waals surface area contributed by atoms with Crippen molar-refractivity contribution in [3.05, 3.63) is 29.8 Å². The van der Waals surface area contributed by atoms with Crippen LogP contribution in [0.15, 0.2) is 24.3 Å². The Morgan fingerprint density at radius 1 is 1.50 bits per heavy atom. The molecule has 1 aromatic rings. The quantitative estimate of drug-likeness (QED) is 0.798. The molecule has 88 valence electrons. The number of hydrogen-bond donors (Lipinski definition) is 2. The Labute approximate surface area is 96.2 Å². The smallest absolute Gasteiger partial charge is 0.125 e. The van der Waals surface area contributed by atoms with E-state index in [1.54, 1.807) is 0 Å². The second-order valence-corrected chi connectivity index (χ2v) is 4.84. The predicted molar refractivity (Wildman–Crippen MR) is 63.3 cm³/mol. The summed E-state index contributed by atoms with van der Waals surface area (Å²) in [4.78, 5) is 0. The van der Waals surface area contributed by atoms with Crippen LogP contribution in [0.1, 0.15) is 25.8 Å². The van der Waals surface area contributed by atoms with Gasteiger partial charge >= 0.3 is 0 Å². The SMILES string of the molecule is CC(C)C1CC(O)(CN)c2ccccc2O1. The average molecular weight is 221 g/mol. The van der Waals surface area contributed by atoms with E-state index in [-0.39, 0.29) is 12.6 Å². The van der Waals surface area contributed by atoms with E-state index in [4.69, 9.17) is 10.5 Å². The van der Waals surface area contributed by atoms with Gasteiger partial charge in [-0.25, -0.2) is 0 Å². The summed E-state index contributed by atoms with van der Waals surface area (Å²) < 4.78 is 5.88. The van der Waals surface area contributed by atoms with E-state index in [1.165, 1.54) is 0 Å². The molecule has 16 heavy (non-hydrogen) atoms. The second kappa shape index (κ2) is 4.07. The van der Waals surface area contributed by atoms with Crippen LogP contribution in [0, 0.1) is 5.92 Å². The molecule has 1 heterocycles. The van der Waals surface area contributed by atoms with E-state index in [0.717, 1.165) is 11.3 Å².